The van der Waals surface area contributed by atoms with Crippen LogP contribution in [0, 0.1) is 11.6 Å². The van der Waals surface area contributed by atoms with Crippen LogP contribution in [0.2, 0.25) is 0 Å². The Morgan fingerprint density at radius 3 is 2.67 bits per heavy atom. The van der Waals surface area contributed by atoms with Crippen LogP contribution in [-0.4, -0.2) is 6.54 Å². The monoisotopic (exact) mass is 275 g/mol. The van der Waals surface area contributed by atoms with E-state index in [1.165, 1.54) is 0 Å². The van der Waals surface area contributed by atoms with Crippen LogP contribution in [0.4, 0.5) is 14.5 Å². The molecule has 0 radical (unpaired) electrons. The van der Waals surface area contributed by atoms with Gasteiger partial charge in [0, 0.05) is 12.6 Å². The summed E-state index contributed by atoms with van der Waals surface area (Å²) in [4.78, 5) is 0. The van der Waals surface area contributed by atoms with E-state index in [-0.39, 0.29) is 10.2 Å². The molecule has 1 aromatic carbocycles. The number of hydrogen-bond donors (Lipinski definition) is 1. The van der Waals surface area contributed by atoms with Crippen molar-refractivity contribution in [2.75, 3.05) is 11.9 Å². The molecule has 15 heavy (non-hydrogen) atoms. The van der Waals surface area contributed by atoms with Crippen molar-refractivity contribution in [3.05, 3.63) is 40.4 Å². The van der Waals surface area contributed by atoms with Gasteiger partial charge in [0.05, 0.1) is 10.2 Å². The van der Waals surface area contributed by atoms with Gasteiger partial charge in [-0.25, -0.2) is 8.78 Å². The Morgan fingerprint density at radius 1 is 1.40 bits per heavy atom. The van der Waals surface area contributed by atoms with Crippen LogP contribution in [-0.2, 0) is 0 Å². The smallest absolute Gasteiger partial charge is 0.147 e. The standard InChI is InChI=1S/C11H12BrF2N/c1-7(2)3-4-15-11-6-9(13)8(12)5-10(11)14/h5-6,15H,1,3-4H2,2H3. The van der Waals surface area contributed by atoms with Crippen LogP contribution in [0.5, 0.6) is 0 Å². The van der Waals surface area contributed by atoms with E-state index in [0.29, 0.717) is 6.54 Å². The van der Waals surface area contributed by atoms with Gasteiger partial charge in [-0.1, -0.05) is 5.57 Å². The normalized spacial score (nSPS) is 10.1. The fourth-order valence-electron chi connectivity index (χ4n) is 1.07. The van der Waals surface area contributed by atoms with E-state index in [9.17, 15) is 8.78 Å². The van der Waals surface area contributed by atoms with Crippen molar-refractivity contribution in [2.24, 2.45) is 0 Å². The Kier molecular flexibility index (Phi) is 4.27. The first-order valence-electron chi connectivity index (χ1n) is 4.53. The van der Waals surface area contributed by atoms with Gasteiger partial charge in [-0.05, 0) is 35.3 Å². The first-order valence-corrected chi connectivity index (χ1v) is 5.33. The largest absolute Gasteiger partial charge is 0.382 e. The average molecular weight is 276 g/mol. The third kappa shape index (κ3) is 3.63. The van der Waals surface area contributed by atoms with Crippen molar-refractivity contribution in [3.8, 4) is 0 Å². The minimum absolute atomic E-state index is 0.130. The molecule has 0 aromatic heterocycles. The van der Waals surface area contributed by atoms with E-state index in [2.05, 4.69) is 27.8 Å². The van der Waals surface area contributed by atoms with E-state index in [0.717, 1.165) is 24.1 Å². The predicted molar refractivity (Wildman–Crippen MR) is 62.0 cm³/mol. The molecule has 1 N–H and O–H groups in total. The van der Waals surface area contributed by atoms with Crippen molar-refractivity contribution in [1.29, 1.82) is 0 Å². The topological polar surface area (TPSA) is 12.0 Å². The zero-order chi connectivity index (χ0) is 11.4. The summed E-state index contributed by atoms with van der Waals surface area (Å²) in [6, 6.07) is 2.25. The summed E-state index contributed by atoms with van der Waals surface area (Å²) in [5, 5.41) is 2.82. The summed E-state index contributed by atoms with van der Waals surface area (Å²) in [6.45, 7) is 6.16. The number of hydrogen-bond acceptors (Lipinski definition) is 1. The number of anilines is 1. The van der Waals surface area contributed by atoms with Crippen LogP contribution in [0.3, 0.4) is 0 Å². The Morgan fingerprint density at radius 2 is 2.07 bits per heavy atom. The minimum Gasteiger partial charge on any atom is -0.382 e. The second kappa shape index (κ2) is 5.26. The van der Waals surface area contributed by atoms with E-state index in [1.807, 2.05) is 6.92 Å². The fourth-order valence-corrected chi connectivity index (χ4v) is 1.38. The quantitative estimate of drug-likeness (QED) is 0.644. The molecular formula is C11H12BrF2N. The molecule has 4 heteroatoms. The Labute approximate surface area is 96.3 Å². The Hall–Kier alpha value is -0.900. The van der Waals surface area contributed by atoms with Gasteiger partial charge in [0.25, 0.3) is 0 Å². The number of benzene rings is 1. The molecule has 0 saturated heterocycles. The highest BCUT2D eigenvalue weighted by Gasteiger charge is 2.07. The molecular weight excluding hydrogens is 264 g/mol. The molecule has 0 aliphatic carbocycles. The summed E-state index contributed by atoms with van der Waals surface area (Å²) in [5.74, 6) is -0.945. The summed E-state index contributed by atoms with van der Waals surface area (Å²) >= 11 is 2.91. The Bertz CT molecular complexity index is 377. The van der Waals surface area contributed by atoms with Gasteiger partial charge in [0.1, 0.15) is 11.6 Å². The third-order valence-corrected chi connectivity index (χ3v) is 2.48. The van der Waals surface area contributed by atoms with Crippen LogP contribution in [0.15, 0.2) is 28.8 Å². The van der Waals surface area contributed by atoms with Gasteiger partial charge in [-0.3, -0.25) is 0 Å². The molecule has 0 saturated carbocycles. The Balaban J connectivity index is 2.69. The first-order chi connectivity index (χ1) is 7.00. The maximum Gasteiger partial charge on any atom is 0.147 e. The van der Waals surface area contributed by atoms with Gasteiger partial charge >= 0.3 is 0 Å². The highest BCUT2D eigenvalue weighted by Crippen LogP contribution is 2.23. The third-order valence-electron chi connectivity index (χ3n) is 1.88. The summed E-state index contributed by atoms with van der Waals surface area (Å²) in [7, 11) is 0. The van der Waals surface area contributed by atoms with Crippen LogP contribution < -0.4 is 5.32 Å². The van der Waals surface area contributed by atoms with E-state index < -0.39 is 11.6 Å². The van der Waals surface area contributed by atoms with Gasteiger partial charge < -0.3 is 5.32 Å². The van der Waals surface area contributed by atoms with Crippen molar-refractivity contribution in [3.63, 3.8) is 0 Å². The predicted octanol–water partition coefficient (Wildman–Crippen LogP) is 4.11. The van der Waals surface area contributed by atoms with Crippen LogP contribution in [0.1, 0.15) is 13.3 Å². The molecule has 0 aliphatic rings. The lowest BCUT2D eigenvalue weighted by atomic mass is 10.2. The highest BCUT2D eigenvalue weighted by atomic mass is 79.9. The molecule has 0 heterocycles. The van der Waals surface area contributed by atoms with E-state index in [1.54, 1.807) is 0 Å². The lowest BCUT2D eigenvalue weighted by molar-refractivity contribution is 0.596. The van der Waals surface area contributed by atoms with Crippen molar-refractivity contribution < 1.29 is 8.78 Å². The molecule has 1 nitrogen and oxygen atoms in total. The van der Waals surface area contributed by atoms with Crippen molar-refractivity contribution in [2.45, 2.75) is 13.3 Å². The molecule has 1 rings (SSSR count). The number of nitrogens with one attached hydrogen (secondary N) is 1. The molecule has 82 valence electrons. The van der Waals surface area contributed by atoms with Crippen molar-refractivity contribution in [1.82, 2.24) is 0 Å². The summed E-state index contributed by atoms with van der Waals surface area (Å²) in [5.41, 5.74) is 1.18. The molecule has 0 fully saturated rings. The van der Waals surface area contributed by atoms with E-state index >= 15 is 0 Å². The fraction of sp³-hybridized carbons (Fsp3) is 0.273. The SMILES string of the molecule is C=C(C)CCNc1cc(F)c(Br)cc1F. The minimum atomic E-state index is -0.478. The van der Waals surface area contributed by atoms with Crippen LogP contribution in [0.25, 0.3) is 0 Å². The average Bonchev–Trinajstić information content (AvgIpc) is 2.13. The lowest BCUT2D eigenvalue weighted by Gasteiger charge is -2.08. The number of halogens is 3. The zero-order valence-corrected chi connectivity index (χ0v) is 10.00. The van der Waals surface area contributed by atoms with Crippen LogP contribution >= 0.6 is 15.9 Å². The lowest BCUT2D eigenvalue weighted by Crippen LogP contribution is -2.04. The molecule has 1 aromatic rings. The number of rotatable bonds is 4. The van der Waals surface area contributed by atoms with Gasteiger partial charge in [-0.15, -0.1) is 6.58 Å². The highest BCUT2D eigenvalue weighted by molar-refractivity contribution is 9.10. The summed E-state index contributed by atoms with van der Waals surface area (Å²) in [6.07, 6.45) is 0.733. The van der Waals surface area contributed by atoms with E-state index in [4.69, 9.17) is 0 Å². The van der Waals surface area contributed by atoms with Gasteiger partial charge in [0.2, 0.25) is 0 Å². The molecule has 0 spiro atoms. The zero-order valence-electron chi connectivity index (χ0n) is 8.41. The molecule has 0 amide bonds. The molecule has 0 unspecified atom stereocenters. The molecule has 0 aliphatic heterocycles. The van der Waals surface area contributed by atoms with Crippen molar-refractivity contribution >= 4 is 21.6 Å². The second-order valence-electron chi connectivity index (χ2n) is 3.38. The molecule has 0 bridgehead atoms. The first kappa shape index (κ1) is 12.2. The molecule has 0 atom stereocenters. The van der Waals surface area contributed by atoms with Gasteiger partial charge in [0.15, 0.2) is 0 Å². The summed E-state index contributed by atoms with van der Waals surface area (Å²) < 4.78 is 26.5. The maximum absolute atomic E-state index is 13.3. The second-order valence-corrected chi connectivity index (χ2v) is 4.23. The maximum atomic E-state index is 13.3. The van der Waals surface area contributed by atoms with Gasteiger partial charge in [-0.2, -0.15) is 0 Å².